The Morgan fingerprint density at radius 3 is 2.33 bits per heavy atom. The molecule has 0 radical (unpaired) electrons. The first-order valence-electron chi connectivity index (χ1n) is 8.88. The average Bonchev–Trinajstić information content (AvgIpc) is 3.03. The van der Waals surface area contributed by atoms with Crippen LogP contribution in [0.4, 0.5) is 5.69 Å². The highest BCUT2D eigenvalue weighted by atomic mass is 16.1. The largest absolute Gasteiger partial charge is 0.322 e. The summed E-state index contributed by atoms with van der Waals surface area (Å²) in [6.45, 7) is 8.09. The Hall–Kier alpha value is -3.32. The van der Waals surface area contributed by atoms with E-state index in [1.807, 2.05) is 66.2 Å². The van der Waals surface area contributed by atoms with Crippen molar-refractivity contribution < 1.29 is 4.79 Å². The van der Waals surface area contributed by atoms with Crippen LogP contribution in [-0.4, -0.2) is 15.7 Å². The molecule has 4 nitrogen and oxygen atoms in total. The molecule has 1 amide bonds. The van der Waals surface area contributed by atoms with Gasteiger partial charge in [-0.2, -0.15) is 5.10 Å². The van der Waals surface area contributed by atoms with Crippen LogP contribution in [0.1, 0.15) is 48.0 Å². The van der Waals surface area contributed by atoms with Crippen molar-refractivity contribution in [3.8, 4) is 11.8 Å². The van der Waals surface area contributed by atoms with Crippen LogP contribution < -0.4 is 5.32 Å². The summed E-state index contributed by atoms with van der Waals surface area (Å²) in [7, 11) is 0. The highest BCUT2D eigenvalue weighted by Gasteiger charge is 2.21. The van der Waals surface area contributed by atoms with Gasteiger partial charge in [-0.1, -0.05) is 36.1 Å². The maximum absolute atomic E-state index is 12.7. The van der Waals surface area contributed by atoms with Crippen molar-refractivity contribution >= 4 is 11.6 Å². The maximum Gasteiger partial charge on any atom is 0.259 e. The van der Waals surface area contributed by atoms with Crippen molar-refractivity contribution in [2.45, 2.75) is 33.2 Å². The number of carbonyl (C=O) groups is 1. The molecule has 0 spiro atoms. The Labute approximate surface area is 160 Å². The number of nitrogens with one attached hydrogen (secondary N) is 1. The van der Waals surface area contributed by atoms with Gasteiger partial charge in [0.05, 0.1) is 17.3 Å². The Morgan fingerprint density at radius 2 is 1.67 bits per heavy atom. The SMILES string of the molecule is Cc1c(C(=O)Nc2cccc(C#Cc3ccccc3)c2)cnn1C(C)(C)C. The van der Waals surface area contributed by atoms with Gasteiger partial charge in [0.2, 0.25) is 0 Å². The third kappa shape index (κ3) is 4.45. The predicted octanol–water partition coefficient (Wildman–Crippen LogP) is 4.60. The molecule has 27 heavy (non-hydrogen) atoms. The van der Waals surface area contributed by atoms with Gasteiger partial charge in [-0.3, -0.25) is 9.48 Å². The van der Waals surface area contributed by atoms with E-state index in [-0.39, 0.29) is 11.4 Å². The van der Waals surface area contributed by atoms with Gasteiger partial charge < -0.3 is 5.32 Å². The van der Waals surface area contributed by atoms with Gasteiger partial charge in [0.25, 0.3) is 5.91 Å². The topological polar surface area (TPSA) is 46.9 Å². The number of anilines is 1. The molecule has 1 aromatic heterocycles. The second-order valence-electron chi connectivity index (χ2n) is 7.38. The molecular weight excluding hydrogens is 334 g/mol. The molecule has 1 heterocycles. The van der Waals surface area contributed by atoms with E-state index < -0.39 is 0 Å². The van der Waals surface area contributed by atoms with Gasteiger partial charge >= 0.3 is 0 Å². The van der Waals surface area contributed by atoms with Gasteiger partial charge in [-0.15, -0.1) is 0 Å². The average molecular weight is 357 g/mol. The molecule has 0 unspecified atom stereocenters. The lowest BCUT2D eigenvalue weighted by Crippen LogP contribution is -2.25. The maximum atomic E-state index is 12.7. The first kappa shape index (κ1) is 18.5. The Morgan fingerprint density at radius 1 is 1.00 bits per heavy atom. The summed E-state index contributed by atoms with van der Waals surface area (Å²) in [4.78, 5) is 12.7. The van der Waals surface area contributed by atoms with Gasteiger partial charge in [0.15, 0.2) is 0 Å². The van der Waals surface area contributed by atoms with Gasteiger partial charge in [-0.25, -0.2) is 0 Å². The van der Waals surface area contributed by atoms with E-state index >= 15 is 0 Å². The molecule has 1 N–H and O–H groups in total. The third-order valence-corrected chi connectivity index (χ3v) is 4.14. The molecule has 0 atom stereocenters. The lowest BCUT2D eigenvalue weighted by atomic mass is 10.1. The van der Waals surface area contributed by atoms with Crippen LogP contribution in [0.25, 0.3) is 0 Å². The smallest absolute Gasteiger partial charge is 0.259 e. The van der Waals surface area contributed by atoms with Gasteiger partial charge in [0.1, 0.15) is 0 Å². The second kappa shape index (κ2) is 7.51. The van der Waals surface area contributed by atoms with Crippen molar-refractivity contribution in [1.29, 1.82) is 0 Å². The molecule has 0 fully saturated rings. The number of benzene rings is 2. The van der Waals surface area contributed by atoms with Crippen molar-refractivity contribution in [2.24, 2.45) is 0 Å². The standard InChI is InChI=1S/C23H23N3O/c1-17-21(16-24-26(17)23(2,3)4)22(27)25-20-12-8-11-19(15-20)14-13-18-9-6-5-7-10-18/h5-12,15-16H,1-4H3,(H,25,27). The molecule has 3 aromatic rings. The molecule has 0 saturated carbocycles. The lowest BCUT2D eigenvalue weighted by Gasteiger charge is -2.21. The fraction of sp³-hybridized carbons (Fsp3) is 0.217. The first-order valence-corrected chi connectivity index (χ1v) is 8.88. The van der Waals surface area contributed by atoms with E-state index in [2.05, 4.69) is 43.0 Å². The van der Waals surface area contributed by atoms with Crippen molar-refractivity contribution in [3.05, 3.63) is 83.2 Å². The zero-order valence-corrected chi connectivity index (χ0v) is 16.1. The second-order valence-corrected chi connectivity index (χ2v) is 7.38. The van der Waals surface area contributed by atoms with E-state index in [1.54, 1.807) is 6.20 Å². The number of aromatic nitrogens is 2. The number of hydrogen-bond acceptors (Lipinski definition) is 2. The molecule has 0 bridgehead atoms. The Bertz CT molecular complexity index is 1020. The van der Waals surface area contributed by atoms with Crippen LogP contribution >= 0.6 is 0 Å². The molecule has 136 valence electrons. The molecule has 0 aliphatic rings. The molecule has 0 aliphatic heterocycles. The van der Waals surface area contributed by atoms with E-state index in [0.29, 0.717) is 11.3 Å². The van der Waals surface area contributed by atoms with Crippen LogP contribution in [0.3, 0.4) is 0 Å². The summed E-state index contributed by atoms with van der Waals surface area (Å²) in [5, 5.41) is 7.31. The predicted molar refractivity (Wildman–Crippen MR) is 109 cm³/mol. The van der Waals surface area contributed by atoms with Crippen molar-refractivity contribution in [3.63, 3.8) is 0 Å². The van der Waals surface area contributed by atoms with Crippen LogP contribution in [0.5, 0.6) is 0 Å². The van der Waals surface area contributed by atoms with Gasteiger partial charge in [0, 0.05) is 22.5 Å². The Balaban J connectivity index is 1.78. The molecular formula is C23H23N3O. The zero-order chi connectivity index (χ0) is 19.4. The van der Waals surface area contributed by atoms with Gasteiger partial charge in [-0.05, 0) is 58.0 Å². The highest BCUT2D eigenvalue weighted by molar-refractivity contribution is 6.05. The van der Waals surface area contributed by atoms with Crippen LogP contribution in [0.2, 0.25) is 0 Å². The normalized spacial score (nSPS) is 10.8. The monoisotopic (exact) mass is 357 g/mol. The van der Waals surface area contributed by atoms with E-state index in [4.69, 9.17) is 0 Å². The highest BCUT2D eigenvalue weighted by Crippen LogP contribution is 2.19. The third-order valence-electron chi connectivity index (χ3n) is 4.14. The summed E-state index contributed by atoms with van der Waals surface area (Å²) in [6, 6.07) is 17.4. The summed E-state index contributed by atoms with van der Waals surface area (Å²) in [5.74, 6) is 6.09. The number of hydrogen-bond donors (Lipinski definition) is 1. The molecule has 2 aromatic carbocycles. The van der Waals surface area contributed by atoms with Crippen molar-refractivity contribution in [1.82, 2.24) is 9.78 Å². The van der Waals surface area contributed by atoms with Crippen LogP contribution in [-0.2, 0) is 5.54 Å². The number of rotatable bonds is 2. The number of nitrogens with zero attached hydrogens (tertiary/aromatic N) is 2. The van der Waals surface area contributed by atoms with E-state index in [9.17, 15) is 4.79 Å². The minimum absolute atomic E-state index is 0.170. The summed E-state index contributed by atoms with van der Waals surface area (Å²) in [6.07, 6.45) is 1.62. The fourth-order valence-corrected chi connectivity index (χ4v) is 2.85. The Kier molecular flexibility index (Phi) is 5.14. The minimum atomic E-state index is -0.171. The van der Waals surface area contributed by atoms with E-state index in [1.165, 1.54) is 0 Å². The zero-order valence-electron chi connectivity index (χ0n) is 16.1. The van der Waals surface area contributed by atoms with E-state index in [0.717, 1.165) is 16.8 Å². The molecule has 0 aliphatic carbocycles. The quantitative estimate of drug-likeness (QED) is 0.682. The lowest BCUT2D eigenvalue weighted by molar-refractivity contribution is 0.102. The van der Waals surface area contributed by atoms with Crippen LogP contribution in [0, 0.1) is 18.8 Å². The summed E-state index contributed by atoms with van der Waals surface area (Å²) < 4.78 is 1.86. The number of carbonyl (C=O) groups excluding carboxylic acids is 1. The molecule has 0 saturated heterocycles. The van der Waals surface area contributed by atoms with Crippen LogP contribution in [0.15, 0.2) is 60.8 Å². The minimum Gasteiger partial charge on any atom is -0.322 e. The summed E-state index contributed by atoms with van der Waals surface area (Å²) in [5.41, 5.74) is 3.76. The summed E-state index contributed by atoms with van der Waals surface area (Å²) >= 11 is 0. The van der Waals surface area contributed by atoms with Crippen molar-refractivity contribution in [2.75, 3.05) is 5.32 Å². The molecule has 4 heteroatoms. The first-order chi connectivity index (χ1) is 12.8. The number of amides is 1. The fourth-order valence-electron chi connectivity index (χ4n) is 2.85. The molecule has 3 rings (SSSR count).